The van der Waals surface area contributed by atoms with Gasteiger partial charge < -0.3 is 20.1 Å². The molecule has 1 aliphatic heterocycles. The van der Waals surface area contributed by atoms with Crippen LogP contribution in [0.3, 0.4) is 0 Å². The van der Waals surface area contributed by atoms with Crippen molar-refractivity contribution in [3.8, 4) is 5.75 Å². The fourth-order valence-electron chi connectivity index (χ4n) is 2.05. The van der Waals surface area contributed by atoms with E-state index in [9.17, 15) is 14.4 Å². The molecule has 124 valence electrons. The number of nitrogens with one attached hydrogen (secondary N) is 2. The van der Waals surface area contributed by atoms with Crippen LogP contribution in [0, 0.1) is 0 Å². The number of carbonyl (C=O) groups is 3. The molecular weight excluding hydrogens is 324 g/mol. The molecule has 0 saturated heterocycles. The second-order valence-corrected chi connectivity index (χ2v) is 5.60. The third-order valence-electron chi connectivity index (χ3n) is 3.44. The zero-order valence-corrected chi connectivity index (χ0v) is 13.5. The predicted octanol–water partition coefficient (Wildman–Crippen LogP) is 1.50. The van der Waals surface area contributed by atoms with Gasteiger partial charge in [0.25, 0.3) is 17.4 Å². The molecular formula is C15H17ClN2O5. The topological polar surface area (TPSA) is 93.7 Å². The van der Waals surface area contributed by atoms with Gasteiger partial charge in [-0.2, -0.15) is 0 Å². The molecule has 1 aromatic rings. The lowest BCUT2D eigenvalue weighted by atomic mass is 10.0. The number of methoxy groups -OCH3 is 1. The molecule has 0 radical (unpaired) electrons. The number of fused-ring (bicyclic) bond motifs is 1. The molecule has 0 aliphatic carbocycles. The summed E-state index contributed by atoms with van der Waals surface area (Å²) in [5.74, 6) is -1.16. The Morgan fingerprint density at radius 2 is 2.17 bits per heavy atom. The number of rotatable bonds is 5. The number of benzene rings is 1. The van der Waals surface area contributed by atoms with Crippen LogP contribution in [0.2, 0.25) is 5.02 Å². The van der Waals surface area contributed by atoms with Gasteiger partial charge in [-0.15, -0.1) is 0 Å². The Kier molecular flexibility index (Phi) is 5.10. The molecule has 2 amide bonds. The van der Waals surface area contributed by atoms with Crippen LogP contribution in [-0.4, -0.2) is 37.0 Å². The summed E-state index contributed by atoms with van der Waals surface area (Å²) < 4.78 is 10.1. The average molecular weight is 341 g/mol. The van der Waals surface area contributed by atoms with E-state index in [1.54, 1.807) is 18.2 Å². The van der Waals surface area contributed by atoms with Gasteiger partial charge in [0.1, 0.15) is 5.75 Å². The van der Waals surface area contributed by atoms with Crippen LogP contribution in [0.15, 0.2) is 18.2 Å². The van der Waals surface area contributed by atoms with E-state index in [2.05, 4.69) is 15.4 Å². The molecule has 0 saturated carbocycles. The predicted molar refractivity (Wildman–Crippen MR) is 83.4 cm³/mol. The highest BCUT2D eigenvalue weighted by Crippen LogP contribution is 2.35. The molecule has 0 aromatic heterocycles. The zero-order chi connectivity index (χ0) is 17.0. The van der Waals surface area contributed by atoms with Crippen LogP contribution in [0.5, 0.6) is 5.75 Å². The number of carbonyl (C=O) groups excluding carboxylic acids is 3. The van der Waals surface area contributed by atoms with Crippen LogP contribution in [0.1, 0.15) is 19.8 Å². The lowest BCUT2D eigenvalue weighted by Gasteiger charge is -2.33. The number of amides is 2. The Morgan fingerprint density at radius 1 is 1.43 bits per heavy atom. The maximum absolute atomic E-state index is 12.3. The largest absolute Gasteiger partial charge is 0.469 e. The molecule has 2 rings (SSSR count). The van der Waals surface area contributed by atoms with Crippen LogP contribution in [0.25, 0.3) is 0 Å². The van der Waals surface area contributed by atoms with E-state index < -0.39 is 17.4 Å². The lowest BCUT2D eigenvalue weighted by molar-refractivity contribution is -0.147. The third-order valence-corrected chi connectivity index (χ3v) is 3.68. The van der Waals surface area contributed by atoms with Gasteiger partial charge in [0.05, 0.1) is 12.8 Å². The SMILES string of the molecule is COC(=O)CCCNC(=O)C1(C)Oc2ccc(Cl)cc2NC1=O. The summed E-state index contributed by atoms with van der Waals surface area (Å²) in [6.45, 7) is 1.61. The Balaban J connectivity index is 2.00. The van der Waals surface area contributed by atoms with Crippen molar-refractivity contribution in [2.24, 2.45) is 0 Å². The minimum Gasteiger partial charge on any atom is -0.469 e. The molecule has 7 nitrogen and oxygen atoms in total. The molecule has 23 heavy (non-hydrogen) atoms. The first-order valence-electron chi connectivity index (χ1n) is 7.02. The van der Waals surface area contributed by atoms with E-state index in [0.717, 1.165) is 0 Å². The van der Waals surface area contributed by atoms with Crippen molar-refractivity contribution in [1.82, 2.24) is 5.32 Å². The third kappa shape index (κ3) is 3.73. The van der Waals surface area contributed by atoms with Gasteiger partial charge in [0.2, 0.25) is 0 Å². The molecule has 1 aromatic carbocycles. The minimum absolute atomic E-state index is 0.182. The van der Waals surface area contributed by atoms with Crippen LogP contribution >= 0.6 is 11.6 Å². The van der Waals surface area contributed by atoms with Gasteiger partial charge in [0, 0.05) is 18.0 Å². The van der Waals surface area contributed by atoms with Crippen LogP contribution in [-0.2, 0) is 19.1 Å². The summed E-state index contributed by atoms with van der Waals surface area (Å²) in [6.07, 6.45) is 0.587. The normalized spacial score (nSPS) is 19.2. The summed E-state index contributed by atoms with van der Waals surface area (Å²) in [4.78, 5) is 35.5. The van der Waals surface area contributed by atoms with Gasteiger partial charge in [-0.3, -0.25) is 14.4 Å². The summed E-state index contributed by atoms with van der Waals surface area (Å²) in [5.41, 5.74) is -1.27. The highest BCUT2D eigenvalue weighted by Gasteiger charge is 2.47. The Morgan fingerprint density at radius 3 is 2.87 bits per heavy atom. The van der Waals surface area contributed by atoms with E-state index in [1.807, 2.05) is 0 Å². The molecule has 0 fully saturated rings. The Hall–Kier alpha value is -2.28. The summed E-state index contributed by atoms with van der Waals surface area (Å²) >= 11 is 5.86. The molecule has 0 bridgehead atoms. The fraction of sp³-hybridized carbons (Fsp3) is 0.400. The highest BCUT2D eigenvalue weighted by atomic mass is 35.5. The van der Waals surface area contributed by atoms with Gasteiger partial charge in [-0.05, 0) is 31.5 Å². The second kappa shape index (κ2) is 6.87. The first kappa shape index (κ1) is 17.1. The summed E-state index contributed by atoms with van der Waals surface area (Å²) in [6, 6.07) is 4.73. The average Bonchev–Trinajstić information content (AvgIpc) is 2.52. The first-order chi connectivity index (χ1) is 10.9. The minimum atomic E-state index is -1.69. The number of hydrogen-bond acceptors (Lipinski definition) is 5. The van der Waals surface area contributed by atoms with Gasteiger partial charge in [-0.25, -0.2) is 0 Å². The lowest BCUT2D eigenvalue weighted by Crippen LogP contribution is -2.58. The zero-order valence-electron chi connectivity index (χ0n) is 12.8. The van der Waals surface area contributed by atoms with Crippen molar-refractivity contribution in [1.29, 1.82) is 0 Å². The number of ether oxygens (including phenoxy) is 2. The quantitative estimate of drug-likeness (QED) is 0.481. The van der Waals surface area contributed by atoms with E-state index in [0.29, 0.717) is 22.9 Å². The molecule has 1 heterocycles. The number of hydrogen-bond donors (Lipinski definition) is 2. The van der Waals surface area contributed by atoms with Gasteiger partial charge in [-0.1, -0.05) is 11.6 Å². The number of anilines is 1. The van der Waals surface area contributed by atoms with Crippen LogP contribution < -0.4 is 15.4 Å². The molecule has 8 heteroatoms. The van der Waals surface area contributed by atoms with E-state index in [1.165, 1.54) is 14.0 Å². The number of esters is 1. The van der Waals surface area contributed by atoms with Crippen molar-refractivity contribution in [3.63, 3.8) is 0 Å². The molecule has 1 aliphatic rings. The maximum atomic E-state index is 12.3. The fourth-order valence-corrected chi connectivity index (χ4v) is 2.22. The summed E-state index contributed by atoms with van der Waals surface area (Å²) in [5, 5.41) is 5.64. The Bertz CT molecular complexity index is 649. The van der Waals surface area contributed by atoms with Crippen LogP contribution in [0.4, 0.5) is 5.69 Å². The Labute approximate surface area is 138 Å². The van der Waals surface area contributed by atoms with Gasteiger partial charge in [0.15, 0.2) is 0 Å². The first-order valence-corrected chi connectivity index (χ1v) is 7.40. The molecule has 0 spiro atoms. The molecule has 1 atom stereocenters. The summed E-state index contributed by atoms with van der Waals surface area (Å²) in [7, 11) is 1.30. The van der Waals surface area contributed by atoms with E-state index in [4.69, 9.17) is 16.3 Å². The van der Waals surface area contributed by atoms with Crippen molar-refractivity contribution in [3.05, 3.63) is 23.2 Å². The van der Waals surface area contributed by atoms with Crippen molar-refractivity contribution in [2.75, 3.05) is 19.0 Å². The second-order valence-electron chi connectivity index (χ2n) is 5.17. The number of halogens is 1. The van der Waals surface area contributed by atoms with Gasteiger partial charge >= 0.3 is 5.97 Å². The smallest absolute Gasteiger partial charge is 0.305 e. The molecule has 2 N–H and O–H groups in total. The van der Waals surface area contributed by atoms with Crippen molar-refractivity contribution < 1.29 is 23.9 Å². The standard InChI is InChI=1S/C15H17ClN2O5/c1-15(13(20)17-7-3-4-12(19)22-2)14(21)18-10-8-9(16)5-6-11(10)23-15/h5-6,8H,3-4,7H2,1-2H3,(H,17,20)(H,18,21). The van der Waals surface area contributed by atoms with Crippen molar-refractivity contribution in [2.45, 2.75) is 25.4 Å². The van der Waals surface area contributed by atoms with E-state index >= 15 is 0 Å². The highest BCUT2D eigenvalue weighted by molar-refractivity contribution is 6.31. The van der Waals surface area contributed by atoms with Crippen molar-refractivity contribution >= 4 is 35.1 Å². The molecule has 1 unspecified atom stereocenters. The maximum Gasteiger partial charge on any atom is 0.305 e. The van der Waals surface area contributed by atoms with E-state index in [-0.39, 0.29) is 18.9 Å². The monoisotopic (exact) mass is 340 g/mol.